The summed E-state index contributed by atoms with van der Waals surface area (Å²) in [6.07, 6.45) is 0. The predicted molar refractivity (Wildman–Crippen MR) is 87.8 cm³/mol. The lowest BCUT2D eigenvalue weighted by Crippen LogP contribution is -2.36. The molecule has 0 heterocycles. The van der Waals surface area contributed by atoms with Crippen molar-refractivity contribution in [2.24, 2.45) is 5.73 Å². The Labute approximate surface area is 131 Å². The number of carbonyl (C=O) groups is 1. The van der Waals surface area contributed by atoms with Crippen LogP contribution in [0.3, 0.4) is 0 Å². The highest BCUT2D eigenvalue weighted by atomic mass is 16.5. The van der Waals surface area contributed by atoms with Crippen molar-refractivity contribution in [3.63, 3.8) is 0 Å². The summed E-state index contributed by atoms with van der Waals surface area (Å²) in [6.45, 7) is 4.35. The minimum atomic E-state index is -0.226. The van der Waals surface area contributed by atoms with E-state index in [-0.39, 0.29) is 18.5 Å². The first-order valence-corrected chi connectivity index (χ1v) is 7.35. The maximum Gasteiger partial charge on any atom is 0.234 e. The molecule has 2 rings (SSSR count). The van der Waals surface area contributed by atoms with E-state index in [9.17, 15) is 4.79 Å². The van der Waals surface area contributed by atoms with Crippen molar-refractivity contribution >= 4 is 5.91 Å². The molecular weight excluding hydrogens is 276 g/mol. The Kier molecular flexibility index (Phi) is 5.55. The first-order valence-electron chi connectivity index (χ1n) is 7.35. The Bertz CT molecular complexity index is 606. The third kappa shape index (κ3) is 4.09. The van der Waals surface area contributed by atoms with E-state index < -0.39 is 0 Å². The SMILES string of the molecule is Cc1cccc(C)c1OCC(NC(=O)CN)c1ccccc1. The fraction of sp³-hybridized carbons (Fsp3) is 0.278. The summed E-state index contributed by atoms with van der Waals surface area (Å²) in [4.78, 5) is 11.6. The van der Waals surface area contributed by atoms with Crippen LogP contribution >= 0.6 is 0 Å². The van der Waals surface area contributed by atoms with E-state index in [1.807, 2.05) is 62.4 Å². The topological polar surface area (TPSA) is 64.3 Å². The van der Waals surface area contributed by atoms with Crippen molar-refractivity contribution in [3.8, 4) is 5.75 Å². The summed E-state index contributed by atoms with van der Waals surface area (Å²) in [5.41, 5.74) is 8.56. The third-order valence-electron chi connectivity index (χ3n) is 3.53. The number of para-hydroxylation sites is 1. The summed E-state index contributed by atoms with van der Waals surface area (Å²) in [5.74, 6) is 0.671. The van der Waals surface area contributed by atoms with Crippen molar-refractivity contribution in [2.75, 3.05) is 13.2 Å². The van der Waals surface area contributed by atoms with Gasteiger partial charge in [0.15, 0.2) is 0 Å². The molecule has 0 saturated carbocycles. The Morgan fingerprint density at radius 2 is 1.73 bits per heavy atom. The second kappa shape index (κ2) is 7.61. The molecule has 116 valence electrons. The van der Waals surface area contributed by atoms with Crippen LogP contribution in [0.2, 0.25) is 0 Å². The van der Waals surface area contributed by atoms with Gasteiger partial charge in [-0.1, -0.05) is 48.5 Å². The van der Waals surface area contributed by atoms with Crippen LogP contribution in [-0.2, 0) is 4.79 Å². The molecule has 0 saturated heterocycles. The lowest BCUT2D eigenvalue weighted by atomic mass is 10.1. The molecule has 0 aliphatic rings. The minimum Gasteiger partial charge on any atom is -0.491 e. The van der Waals surface area contributed by atoms with Gasteiger partial charge in [0, 0.05) is 0 Å². The van der Waals surface area contributed by atoms with Crippen molar-refractivity contribution in [2.45, 2.75) is 19.9 Å². The minimum absolute atomic E-state index is 0.0350. The van der Waals surface area contributed by atoms with Crippen LogP contribution in [0, 0.1) is 13.8 Å². The maximum atomic E-state index is 11.6. The van der Waals surface area contributed by atoms with E-state index in [0.717, 1.165) is 22.4 Å². The van der Waals surface area contributed by atoms with Crippen LogP contribution in [0.25, 0.3) is 0 Å². The number of carbonyl (C=O) groups excluding carboxylic acids is 1. The molecule has 4 heteroatoms. The molecule has 1 atom stereocenters. The summed E-state index contributed by atoms with van der Waals surface area (Å²) < 4.78 is 5.97. The first kappa shape index (κ1) is 16.0. The van der Waals surface area contributed by atoms with Gasteiger partial charge in [0.05, 0.1) is 12.6 Å². The molecule has 0 bridgehead atoms. The van der Waals surface area contributed by atoms with Gasteiger partial charge in [0.25, 0.3) is 0 Å². The van der Waals surface area contributed by atoms with E-state index in [2.05, 4.69) is 5.32 Å². The molecule has 2 aromatic rings. The highest BCUT2D eigenvalue weighted by Crippen LogP contribution is 2.24. The molecule has 0 spiro atoms. The van der Waals surface area contributed by atoms with Gasteiger partial charge in [-0.3, -0.25) is 4.79 Å². The zero-order chi connectivity index (χ0) is 15.9. The summed E-state index contributed by atoms with van der Waals surface area (Å²) >= 11 is 0. The van der Waals surface area contributed by atoms with Crippen LogP contribution in [0.1, 0.15) is 22.7 Å². The maximum absolute atomic E-state index is 11.6. The highest BCUT2D eigenvalue weighted by molar-refractivity contribution is 5.78. The molecular formula is C18H22N2O2. The van der Waals surface area contributed by atoms with Crippen molar-refractivity contribution in [1.82, 2.24) is 5.32 Å². The number of amides is 1. The Balaban J connectivity index is 2.15. The average Bonchev–Trinajstić information content (AvgIpc) is 2.53. The van der Waals surface area contributed by atoms with Crippen molar-refractivity contribution in [3.05, 3.63) is 65.2 Å². The van der Waals surface area contributed by atoms with Gasteiger partial charge in [-0.25, -0.2) is 0 Å². The van der Waals surface area contributed by atoms with E-state index in [1.54, 1.807) is 0 Å². The molecule has 0 aromatic heterocycles. The van der Waals surface area contributed by atoms with Gasteiger partial charge in [0.2, 0.25) is 5.91 Å². The number of benzene rings is 2. The molecule has 3 N–H and O–H groups in total. The highest BCUT2D eigenvalue weighted by Gasteiger charge is 2.15. The van der Waals surface area contributed by atoms with E-state index >= 15 is 0 Å². The Morgan fingerprint density at radius 1 is 1.09 bits per heavy atom. The van der Waals surface area contributed by atoms with Crippen molar-refractivity contribution < 1.29 is 9.53 Å². The van der Waals surface area contributed by atoms with Gasteiger partial charge < -0.3 is 15.8 Å². The summed E-state index contributed by atoms with van der Waals surface area (Å²) in [7, 11) is 0. The second-order valence-corrected chi connectivity index (χ2v) is 5.27. The van der Waals surface area contributed by atoms with E-state index in [1.165, 1.54) is 0 Å². The van der Waals surface area contributed by atoms with E-state index in [0.29, 0.717) is 6.61 Å². The molecule has 1 unspecified atom stereocenters. The quantitative estimate of drug-likeness (QED) is 0.861. The smallest absolute Gasteiger partial charge is 0.234 e. The van der Waals surface area contributed by atoms with Gasteiger partial charge >= 0.3 is 0 Å². The Hall–Kier alpha value is -2.33. The average molecular weight is 298 g/mol. The number of hydrogen-bond acceptors (Lipinski definition) is 3. The first-order chi connectivity index (χ1) is 10.6. The zero-order valence-electron chi connectivity index (χ0n) is 13.0. The summed E-state index contributed by atoms with van der Waals surface area (Å²) in [5, 5.41) is 2.90. The van der Waals surface area contributed by atoms with Crippen LogP contribution in [-0.4, -0.2) is 19.1 Å². The predicted octanol–water partition coefficient (Wildman–Crippen LogP) is 2.50. The number of nitrogens with one attached hydrogen (secondary N) is 1. The molecule has 0 aliphatic heterocycles. The fourth-order valence-corrected chi connectivity index (χ4v) is 2.35. The summed E-state index contributed by atoms with van der Waals surface area (Å²) in [6, 6.07) is 15.6. The lowest BCUT2D eigenvalue weighted by molar-refractivity contribution is -0.120. The monoisotopic (exact) mass is 298 g/mol. The standard InChI is InChI=1S/C18H22N2O2/c1-13-7-6-8-14(2)18(13)22-12-16(20-17(21)11-19)15-9-4-3-5-10-15/h3-10,16H,11-12,19H2,1-2H3,(H,20,21). The van der Waals surface area contributed by atoms with E-state index in [4.69, 9.17) is 10.5 Å². The lowest BCUT2D eigenvalue weighted by Gasteiger charge is -2.21. The van der Waals surface area contributed by atoms with Crippen LogP contribution in [0.5, 0.6) is 5.75 Å². The molecule has 1 amide bonds. The number of hydrogen-bond donors (Lipinski definition) is 2. The molecule has 2 aromatic carbocycles. The van der Waals surface area contributed by atoms with Crippen molar-refractivity contribution in [1.29, 1.82) is 0 Å². The fourth-order valence-electron chi connectivity index (χ4n) is 2.35. The van der Waals surface area contributed by atoms with Crippen LogP contribution in [0.4, 0.5) is 0 Å². The largest absolute Gasteiger partial charge is 0.491 e. The molecule has 4 nitrogen and oxygen atoms in total. The van der Waals surface area contributed by atoms with Crippen LogP contribution in [0.15, 0.2) is 48.5 Å². The molecule has 0 radical (unpaired) electrons. The van der Waals surface area contributed by atoms with Gasteiger partial charge in [-0.05, 0) is 30.5 Å². The number of rotatable bonds is 6. The number of ether oxygens (including phenoxy) is 1. The van der Waals surface area contributed by atoms with Crippen LogP contribution < -0.4 is 15.8 Å². The van der Waals surface area contributed by atoms with Gasteiger partial charge in [-0.2, -0.15) is 0 Å². The normalized spacial score (nSPS) is 11.8. The number of aryl methyl sites for hydroxylation is 2. The Morgan fingerprint density at radius 3 is 2.32 bits per heavy atom. The van der Waals surface area contributed by atoms with Gasteiger partial charge in [0.1, 0.15) is 12.4 Å². The molecule has 0 fully saturated rings. The molecule has 22 heavy (non-hydrogen) atoms. The zero-order valence-corrected chi connectivity index (χ0v) is 13.0. The number of nitrogens with two attached hydrogens (primary N) is 1. The second-order valence-electron chi connectivity index (χ2n) is 5.27. The van der Waals surface area contributed by atoms with Gasteiger partial charge in [-0.15, -0.1) is 0 Å². The third-order valence-corrected chi connectivity index (χ3v) is 3.53. The molecule has 0 aliphatic carbocycles.